The Morgan fingerprint density at radius 1 is 0.660 bits per heavy atom. The van der Waals surface area contributed by atoms with E-state index in [0.717, 1.165) is 50.9 Å². The Hall–Kier alpha value is -2.70. The summed E-state index contributed by atoms with van der Waals surface area (Å²) in [5, 5.41) is 19.5. The van der Waals surface area contributed by atoms with E-state index in [0.29, 0.717) is 19.3 Å². The van der Waals surface area contributed by atoms with Gasteiger partial charge in [-0.3, -0.25) is 9.59 Å². The highest BCUT2D eigenvalue weighted by molar-refractivity contribution is 5.70. The first-order chi connectivity index (χ1) is 22.9. The summed E-state index contributed by atoms with van der Waals surface area (Å²) in [6, 6.07) is 0. The lowest BCUT2D eigenvalue weighted by Gasteiger charge is -2.15. The van der Waals surface area contributed by atoms with Crippen LogP contribution in [0.2, 0.25) is 0 Å². The van der Waals surface area contributed by atoms with E-state index >= 15 is 0 Å². The molecule has 268 valence electrons. The summed E-state index contributed by atoms with van der Waals surface area (Å²) in [5.74, 6) is 0.0909. The molecule has 0 aliphatic carbocycles. The summed E-state index contributed by atoms with van der Waals surface area (Å²) in [4.78, 5) is 24.2. The first-order valence-corrected chi connectivity index (χ1v) is 18.5. The molecule has 0 fully saturated rings. The molecule has 0 aromatic carbocycles. The molecule has 0 aliphatic rings. The van der Waals surface area contributed by atoms with Gasteiger partial charge >= 0.3 is 11.9 Å². The summed E-state index contributed by atoms with van der Waals surface area (Å²) >= 11 is 0. The number of allylic oxidation sites excluding steroid dienone is 10. The number of carbonyl (C=O) groups is 2. The van der Waals surface area contributed by atoms with Crippen molar-refractivity contribution in [1.82, 2.24) is 0 Å². The van der Waals surface area contributed by atoms with Crippen molar-refractivity contribution in [3.8, 4) is 0 Å². The second kappa shape index (κ2) is 34.6. The average Bonchev–Trinajstić information content (AvgIpc) is 3.05. The molecule has 0 bridgehead atoms. The Balaban J connectivity index is 3.81. The fraction of sp³-hybridized carbons (Fsp3) is 0.659. The van der Waals surface area contributed by atoms with Crippen LogP contribution in [0.1, 0.15) is 143 Å². The summed E-state index contributed by atoms with van der Waals surface area (Å²) in [7, 11) is 0. The lowest BCUT2D eigenvalue weighted by Crippen LogP contribution is -2.28. The van der Waals surface area contributed by atoms with Crippen LogP contribution in [0.4, 0.5) is 0 Å². The van der Waals surface area contributed by atoms with Crippen LogP contribution in [-0.4, -0.2) is 47.6 Å². The second-order valence-electron chi connectivity index (χ2n) is 12.6. The van der Waals surface area contributed by atoms with Gasteiger partial charge in [-0.05, 0) is 50.9 Å². The Bertz CT molecular complexity index is 911. The zero-order valence-corrected chi connectivity index (χ0v) is 30.0. The molecule has 0 spiro atoms. The molecule has 2 N–H and O–H groups in total. The molecule has 0 saturated carbocycles. The van der Waals surface area contributed by atoms with Gasteiger partial charge in [-0.25, -0.2) is 0 Å². The molecular weight excluding hydrogens is 588 g/mol. The Labute approximate surface area is 287 Å². The predicted octanol–water partition coefficient (Wildman–Crippen LogP) is 10.2. The number of hydrogen-bond acceptors (Lipinski definition) is 6. The van der Waals surface area contributed by atoms with Crippen LogP contribution in [-0.2, 0) is 19.1 Å². The number of aliphatic hydroxyl groups excluding tert-OH is 2. The van der Waals surface area contributed by atoms with Crippen molar-refractivity contribution in [1.29, 1.82) is 0 Å². The number of ether oxygens (including phenoxy) is 2. The van der Waals surface area contributed by atoms with E-state index in [1.807, 2.05) is 36.5 Å². The number of carbonyl (C=O) groups excluding carboxylic acids is 2. The fourth-order valence-electron chi connectivity index (χ4n) is 4.73. The van der Waals surface area contributed by atoms with Crippen LogP contribution in [0.5, 0.6) is 0 Å². The van der Waals surface area contributed by atoms with Crippen molar-refractivity contribution in [2.24, 2.45) is 5.92 Å². The van der Waals surface area contributed by atoms with Gasteiger partial charge in [0.1, 0.15) is 6.61 Å². The molecule has 0 heterocycles. The minimum absolute atomic E-state index is 0.113. The number of rotatable bonds is 31. The quantitative estimate of drug-likeness (QED) is 0.0334. The average molecular weight is 657 g/mol. The van der Waals surface area contributed by atoms with Gasteiger partial charge in [0.05, 0.1) is 12.7 Å². The van der Waals surface area contributed by atoms with Crippen molar-refractivity contribution >= 4 is 11.9 Å². The summed E-state index contributed by atoms with van der Waals surface area (Å²) in [6.07, 6.45) is 41.4. The maximum atomic E-state index is 12.1. The monoisotopic (exact) mass is 657 g/mol. The standard InChI is InChI=1S/C41H68O6/c1-4-5-6-7-21-26-31-38(43)32-27-22-17-13-9-11-15-19-24-29-34-41(45)47-39(35-42)36-46-40(44)33-28-23-18-14-10-8-12-16-20-25-30-37(2)3/h5-6,9,11,17,19,21-22,24,26-27,32,37-39,42-43H,4,7-8,10,12-16,18,20,23,25,28-31,33-36H2,1-3H3/b6-5-,11-9-,22-17-,24-19-,26-21-,32-27+/t38?,39-/m0/s1. The van der Waals surface area contributed by atoms with Crippen LogP contribution in [0.15, 0.2) is 72.9 Å². The van der Waals surface area contributed by atoms with Gasteiger partial charge in [0, 0.05) is 12.8 Å². The van der Waals surface area contributed by atoms with Gasteiger partial charge in [-0.1, -0.05) is 158 Å². The second-order valence-corrected chi connectivity index (χ2v) is 12.6. The first-order valence-electron chi connectivity index (χ1n) is 18.5. The van der Waals surface area contributed by atoms with Crippen LogP contribution in [0, 0.1) is 5.92 Å². The van der Waals surface area contributed by atoms with Crippen LogP contribution in [0.25, 0.3) is 0 Å². The molecule has 0 radical (unpaired) electrons. The summed E-state index contributed by atoms with van der Waals surface area (Å²) in [6.45, 7) is 6.20. The highest BCUT2D eigenvalue weighted by Crippen LogP contribution is 2.14. The maximum absolute atomic E-state index is 12.1. The number of aliphatic hydroxyl groups is 2. The van der Waals surface area contributed by atoms with Gasteiger partial charge in [-0.15, -0.1) is 0 Å². The Morgan fingerprint density at radius 2 is 1.23 bits per heavy atom. The Kier molecular flexibility index (Phi) is 32.6. The minimum Gasteiger partial charge on any atom is -0.462 e. The number of unbranched alkanes of at least 4 members (excludes halogenated alkanes) is 9. The number of esters is 2. The van der Waals surface area contributed by atoms with Gasteiger partial charge in [0.2, 0.25) is 0 Å². The van der Waals surface area contributed by atoms with E-state index in [9.17, 15) is 19.8 Å². The Morgan fingerprint density at radius 3 is 1.87 bits per heavy atom. The highest BCUT2D eigenvalue weighted by atomic mass is 16.6. The molecule has 0 aliphatic heterocycles. The van der Waals surface area contributed by atoms with Crippen LogP contribution in [0.3, 0.4) is 0 Å². The van der Waals surface area contributed by atoms with Gasteiger partial charge < -0.3 is 19.7 Å². The SMILES string of the molecule is CC/C=C\C/C=C\CC(O)/C=C/C=C\C/C=C\C/C=C\CCC(=O)O[C@@H](CO)COC(=O)CCCCCCCCCCCCC(C)C. The zero-order chi connectivity index (χ0) is 34.6. The molecule has 0 aromatic rings. The molecule has 0 amide bonds. The van der Waals surface area contributed by atoms with Gasteiger partial charge in [0.25, 0.3) is 0 Å². The van der Waals surface area contributed by atoms with Gasteiger partial charge in [-0.2, -0.15) is 0 Å². The van der Waals surface area contributed by atoms with Crippen molar-refractivity contribution in [2.75, 3.05) is 13.2 Å². The van der Waals surface area contributed by atoms with Crippen LogP contribution < -0.4 is 0 Å². The third-order valence-corrected chi connectivity index (χ3v) is 7.54. The lowest BCUT2D eigenvalue weighted by atomic mass is 10.0. The van der Waals surface area contributed by atoms with Crippen molar-refractivity contribution in [2.45, 2.75) is 155 Å². The molecule has 0 saturated heterocycles. The highest BCUT2D eigenvalue weighted by Gasteiger charge is 2.15. The molecule has 2 atom stereocenters. The maximum Gasteiger partial charge on any atom is 0.306 e. The molecule has 6 nitrogen and oxygen atoms in total. The molecule has 0 aromatic heterocycles. The third kappa shape index (κ3) is 34.5. The molecule has 47 heavy (non-hydrogen) atoms. The smallest absolute Gasteiger partial charge is 0.306 e. The van der Waals surface area contributed by atoms with E-state index in [1.54, 1.807) is 6.08 Å². The van der Waals surface area contributed by atoms with Crippen molar-refractivity contribution in [3.05, 3.63) is 72.9 Å². The van der Waals surface area contributed by atoms with E-state index in [-0.39, 0.29) is 25.6 Å². The normalized spacial score (nSPS) is 13.8. The topological polar surface area (TPSA) is 93.1 Å². The third-order valence-electron chi connectivity index (χ3n) is 7.54. The fourth-order valence-corrected chi connectivity index (χ4v) is 4.73. The first kappa shape index (κ1) is 44.3. The zero-order valence-electron chi connectivity index (χ0n) is 30.0. The van der Waals surface area contributed by atoms with E-state index in [1.165, 1.54) is 51.4 Å². The van der Waals surface area contributed by atoms with Crippen LogP contribution >= 0.6 is 0 Å². The number of hydrogen-bond donors (Lipinski definition) is 2. The summed E-state index contributed by atoms with van der Waals surface area (Å²) in [5.41, 5.74) is 0. The molecular formula is C41H68O6. The van der Waals surface area contributed by atoms with Gasteiger partial charge in [0.15, 0.2) is 6.10 Å². The largest absolute Gasteiger partial charge is 0.462 e. The minimum atomic E-state index is -0.829. The predicted molar refractivity (Wildman–Crippen MR) is 197 cm³/mol. The molecule has 1 unspecified atom stereocenters. The molecule has 0 rings (SSSR count). The summed E-state index contributed by atoms with van der Waals surface area (Å²) < 4.78 is 10.5. The molecule has 6 heteroatoms. The van der Waals surface area contributed by atoms with E-state index in [4.69, 9.17) is 9.47 Å². The lowest BCUT2D eigenvalue weighted by molar-refractivity contribution is -0.161. The van der Waals surface area contributed by atoms with Crippen molar-refractivity contribution < 1.29 is 29.3 Å². The van der Waals surface area contributed by atoms with Crippen molar-refractivity contribution in [3.63, 3.8) is 0 Å². The van der Waals surface area contributed by atoms with E-state index in [2.05, 4.69) is 51.2 Å². The van der Waals surface area contributed by atoms with E-state index < -0.39 is 18.2 Å².